The van der Waals surface area contributed by atoms with Gasteiger partial charge in [0.05, 0.1) is 11.6 Å². The lowest BCUT2D eigenvalue weighted by Crippen LogP contribution is -2.36. The van der Waals surface area contributed by atoms with E-state index in [-0.39, 0.29) is 24.4 Å². The van der Waals surface area contributed by atoms with Crippen LogP contribution in [0.4, 0.5) is 9.59 Å². The van der Waals surface area contributed by atoms with E-state index in [4.69, 9.17) is 9.47 Å². The Bertz CT molecular complexity index is 846. The number of hydrogen-bond donors (Lipinski definition) is 1. The number of ether oxygens (including phenoxy) is 2. The highest BCUT2D eigenvalue weighted by Gasteiger charge is 2.25. The zero-order chi connectivity index (χ0) is 19.5. The molecule has 0 fully saturated rings. The van der Waals surface area contributed by atoms with Crippen LogP contribution in [0.5, 0.6) is 0 Å². The van der Waals surface area contributed by atoms with Crippen LogP contribution in [0.15, 0.2) is 22.7 Å². The number of allylic oxidation sites excluding steroid dienone is 1. The van der Waals surface area contributed by atoms with Crippen LogP contribution in [0.3, 0.4) is 0 Å². The fourth-order valence-corrected chi connectivity index (χ4v) is 2.84. The Balaban J connectivity index is 2.09. The van der Waals surface area contributed by atoms with Crippen molar-refractivity contribution in [3.63, 3.8) is 0 Å². The lowest BCUT2D eigenvalue weighted by atomic mass is 9.87. The molecule has 0 unspecified atom stereocenters. The van der Waals surface area contributed by atoms with Crippen LogP contribution in [-0.4, -0.2) is 30.2 Å². The third-order valence-electron chi connectivity index (χ3n) is 3.34. The predicted octanol–water partition coefficient (Wildman–Crippen LogP) is 3.95. The summed E-state index contributed by atoms with van der Waals surface area (Å²) in [7, 11) is 0. The van der Waals surface area contributed by atoms with Gasteiger partial charge in [-0.2, -0.15) is 5.26 Å². The maximum absolute atomic E-state index is 12.1. The molecule has 1 aromatic rings. The molecule has 26 heavy (non-hydrogen) atoms. The molecule has 0 aliphatic heterocycles. The number of nitriles is 1. The van der Waals surface area contributed by atoms with Gasteiger partial charge in [0.1, 0.15) is 12.2 Å². The van der Waals surface area contributed by atoms with E-state index < -0.39 is 17.8 Å². The number of rotatable bonds is 2. The molecule has 7 nitrogen and oxygen atoms in total. The third-order valence-corrected chi connectivity index (χ3v) is 3.80. The van der Waals surface area contributed by atoms with E-state index in [1.807, 2.05) is 11.4 Å². The summed E-state index contributed by atoms with van der Waals surface area (Å²) in [5, 5.41) is 11.2. The summed E-state index contributed by atoms with van der Waals surface area (Å²) in [6.07, 6.45) is -0.131. The number of carbonyl (C=O) groups is 3. The quantitative estimate of drug-likeness (QED) is 0.775. The summed E-state index contributed by atoms with van der Waals surface area (Å²) in [6, 6.07) is 5.25. The van der Waals surface area contributed by atoms with Crippen LogP contribution in [0.25, 0.3) is 5.57 Å². The standard InChI is InChI=1S/C18H17BrN2O5/c1-18(2,3)26-17(24)21-16(23)25-9-10-4-5-14(22)15-11(8-20)6-12(19)7-13(10)15/h4,6-7H,5,9H2,1-3H3,(H,21,23,24). The SMILES string of the molecule is CC(C)(C)OC(=O)NC(=O)OCC1=CCC(=O)c2c(C#N)cc(Br)cc21. The summed E-state index contributed by atoms with van der Waals surface area (Å²) in [5.74, 6) is -0.175. The second kappa shape index (κ2) is 7.70. The number of amides is 2. The molecule has 0 saturated heterocycles. The van der Waals surface area contributed by atoms with Crippen LogP contribution in [-0.2, 0) is 9.47 Å². The van der Waals surface area contributed by atoms with Gasteiger partial charge >= 0.3 is 12.2 Å². The molecule has 0 saturated carbocycles. The molecule has 1 aliphatic carbocycles. The van der Waals surface area contributed by atoms with Crippen molar-refractivity contribution in [3.8, 4) is 6.07 Å². The topological polar surface area (TPSA) is 105 Å². The number of hydrogen-bond acceptors (Lipinski definition) is 6. The first kappa shape index (κ1) is 19.7. The van der Waals surface area contributed by atoms with Gasteiger partial charge in [0, 0.05) is 16.5 Å². The smallest absolute Gasteiger partial charge is 0.417 e. The Morgan fingerprint density at radius 1 is 1.31 bits per heavy atom. The minimum absolute atomic E-state index is 0.107. The van der Waals surface area contributed by atoms with Crippen molar-refractivity contribution in [2.24, 2.45) is 0 Å². The monoisotopic (exact) mass is 420 g/mol. The molecule has 0 atom stereocenters. The average molecular weight is 421 g/mol. The highest BCUT2D eigenvalue weighted by atomic mass is 79.9. The number of alkyl carbamates (subject to hydrolysis) is 2. The van der Waals surface area contributed by atoms with E-state index in [1.165, 1.54) is 0 Å². The summed E-state index contributed by atoms with van der Waals surface area (Å²) in [4.78, 5) is 35.5. The lowest BCUT2D eigenvalue weighted by molar-refractivity contribution is 0.0517. The number of imide groups is 1. The number of halogens is 1. The van der Waals surface area contributed by atoms with Crippen LogP contribution in [0.2, 0.25) is 0 Å². The molecule has 0 bridgehead atoms. The van der Waals surface area contributed by atoms with Gasteiger partial charge in [-0.25, -0.2) is 14.9 Å². The molecule has 136 valence electrons. The number of Topliss-reactive ketones (excluding diaryl/α,β-unsaturated/α-hetero) is 1. The van der Waals surface area contributed by atoms with E-state index in [2.05, 4.69) is 15.9 Å². The zero-order valence-corrected chi connectivity index (χ0v) is 16.1. The second-order valence-electron chi connectivity index (χ2n) is 6.55. The number of benzene rings is 1. The first-order valence-electron chi connectivity index (χ1n) is 7.73. The summed E-state index contributed by atoms with van der Waals surface area (Å²) >= 11 is 3.30. The van der Waals surface area contributed by atoms with Crippen molar-refractivity contribution in [1.29, 1.82) is 5.26 Å². The molecular formula is C18H17BrN2O5. The number of fused-ring (bicyclic) bond motifs is 1. The third kappa shape index (κ3) is 4.92. The van der Waals surface area contributed by atoms with Gasteiger partial charge in [0.25, 0.3) is 0 Å². The predicted molar refractivity (Wildman–Crippen MR) is 96.5 cm³/mol. The number of nitrogens with one attached hydrogen (secondary N) is 1. The molecule has 2 amide bonds. The Kier molecular flexibility index (Phi) is 5.83. The zero-order valence-electron chi connectivity index (χ0n) is 14.5. The lowest BCUT2D eigenvalue weighted by Gasteiger charge is -2.20. The van der Waals surface area contributed by atoms with Gasteiger partial charge in [-0.05, 0) is 44.0 Å². The first-order chi connectivity index (χ1) is 12.1. The molecule has 0 aromatic heterocycles. The summed E-state index contributed by atoms with van der Waals surface area (Å²) in [6.45, 7) is 4.85. The molecule has 2 rings (SSSR count). The van der Waals surface area contributed by atoms with Crippen LogP contribution in [0.1, 0.15) is 48.7 Å². The first-order valence-corrected chi connectivity index (χ1v) is 8.53. The van der Waals surface area contributed by atoms with Crippen LogP contribution < -0.4 is 5.32 Å². The molecule has 8 heteroatoms. The van der Waals surface area contributed by atoms with Crippen molar-refractivity contribution in [2.75, 3.05) is 6.61 Å². The number of carbonyl (C=O) groups excluding carboxylic acids is 3. The van der Waals surface area contributed by atoms with E-state index in [9.17, 15) is 19.6 Å². The van der Waals surface area contributed by atoms with Gasteiger partial charge in [-0.15, -0.1) is 0 Å². The molecule has 0 spiro atoms. The van der Waals surface area contributed by atoms with Gasteiger partial charge < -0.3 is 9.47 Å². The minimum Gasteiger partial charge on any atom is -0.444 e. The minimum atomic E-state index is -0.964. The number of ketones is 1. The Morgan fingerprint density at radius 2 is 2.00 bits per heavy atom. The fraction of sp³-hybridized carbons (Fsp3) is 0.333. The summed E-state index contributed by atoms with van der Waals surface area (Å²) in [5.41, 5.74) is 0.928. The summed E-state index contributed by atoms with van der Waals surface area (Å²) < 4.78 is 10.6. The van der Waals surface area contributed by atoms with Gasteiger partial charge in [-0.1, -0.05) is 22.0 Å². The maximum Gasteiger partial charge on any atom is 0.417 e. The van der Waals surface area contributed by atoms with Crippen molar-refractivity contribution >= 4 is 39.5 Å². The van der Waals surface area contributed by atoms with Crippen molar-refractivity contribution in [2.45, 2.75) is 32.8 Å². The fourth-order valence-electron chi connectivity index (χ4n) is 2.38. The van der Waals surface area contributed by atoms with Crippen molar-refractivity contribution in [1.82, 2.24) is 5.32 Å². The normalized spacial score (nSPS) is 13.2. The van der Waals surface area contributed by atoms with Crippen LogP contribution >= 0.6 is 15.9 Å². The molecule has 1 N–H and O–H groups in total. The van der Waals surface area contributed by atoms with Crippen molar-refractivity contribution in [3.05, 3.63) is 39.4 Å². The molecular weight excluding hydrogens is 404 g/mol. The molecule has 1 aromatic carbocycles. The van der Waals surface area contributed by atoms with E-state index >= 15 is 0 Å². The molecule has 0 radical (unpaired) electrons. The average Bonchev–Trinajstić information content (AvgIpc) is 2.51. The van der Waals surface area contributed by atoms with E-state index in [1.54, 1.807) is 39.0 Å². The Morgan fingerprint density at radius 3 is 2.62 bits per heavy atom. The van der Waals surface area contributed by atoms with Gasteiger partial charge in [-0.3, -0.25) is 4.79 Å². The van der Waals surface area contributed by atoms with Crippen molar-refractivity contribution < 1.29 is 23.9 Å². The molecule has 1 aliphatic rings. The van der Waals surface area contributed by atoms with Crippen LogP contribution in [0, 0.1) is 11.3 Å². The Labute approximate surface area is 159 Å². The van der Waals surface area contributed by atoms with E-state index in [0.717, 1.165) is 0 Å². The number of nitrogens with zero attached hydrogens (tertiary/aromatic N) is 1. The van der Waals surface area contributed by atoms with Gasteiger partial charge in [0.15, 0.2) is 5.78 Å². The maximum atomic E-state index is 12.1. The second-order valence-corrected chi connectivity index (χ2v) is 7.46. The highest BCUT2D eigenvalue weighted by molar-refractivity contribution is 9.10. The largest absolute Gasteiger partial charge is 0.444 e. The van der Waals surface area contributed by atoms with E-state index in [0.29, 0.717) is 21.2 Å². The highest BCUT2D eigenvalue weighted by Crippen LogP contribution is 2.32. The Hall–Kier alpha value is -2.66. The molecule has 0 heterocycles. The van der Waals surface area contributed by atoms with Gasteiger partial charge in [0.2, 0.25) is 0 Å².